The van der Waals surface area contributed by atoms with Crippen LogP contribution in [0, 0.1) is 6.92 Å². The summed E-state index contributed by atoms with van der Waals surface area (Å²) in [6.45, 7) is 3.36. The molecule has 0 saturated carbocycles. The summed E-state index contributed by atoms with van der Waals surface area (Å²) in [5.74, 6) is 2.09. The van der Waals surface area contributed by atoms with Crippen LogP contribution in [0.4, 0.5) is 22.7 Å². The molecule has 1 aromatic carbocycles. The maximum absolute atomic E-state index is 11.4. The molecule has 3 heterocycles. The minimum Gasteiger partial charge on any atom is -0.493 e. The monoisotopic (exact) mass is 530 g/mol. The van der Waals surface area contributed by atoms with E-state index in [0.717, 1.165) is 16.9 Å². The molecule has 3 aromatic rings. The van der Waals surface area contributed by atoms with Gasteiger partial charge in [0.25, 0.3) is 0 Å². The largest absolute Gasteiger partial charge is 0.493 e. The Balaban J connectivity index is 1.61. The van der Waals surface area contributed by atoms with Gasteiger partial charge in [0.15, 0.2) is 16.6 Å². The van der Waals surface area contributed by atoms with Crippen LogP contribution in [-0.4, -0.2) is 71.7 Å². The lowest BCUT2D eigenvalue weighted by Crippen LogP contribution is -2.36. The Morgan fingerprint density at radius 2 is 1.76 bits per heavy atom. The summed E-state index contributed by atoms with van der Waals surface area (Å²) in [5, 5.41) is 26.0. The normalized spacial score (nSPS) is 13.8. The third-order valence-electron chi connectivity index (χ3n) is 5.91. The second-order valence-corrected chi connectivity index (χ2v) is 9.40. The summed E-state index contributed by atoms with van der Waals surface area (Å²) in [6, 6.07) is 5.55. The van der Waals surface area contributed by atoms with Crippen molar-refractivity contribution in [3.05, 3.63) is 34.3 Å². The molecule has 1 aliphatic heterocycles. The van der Waals surface area contributed by atoms with Crippen LogP contribution in [0.1, 0.15) is 33.8 Å². The number of methoxy groups -OCH3 is 3. The van der Waals surface area contributed by atoms with Crippen LogP contribution in [0.25, 0.3) is 0 Å². The first-order valence-electron chi connectivity index (χ1n) is 11.6. The predicted octanol–water partition coefficient (Wildman–Crippen LogP) is 3.28. The van der Waals surface area contributed by atoms with Gasteiger partial charge in [0, 0.05) is 25.7 Å². The lowest BCUT2D eigenvalue weighted by atomic mass is 10.1. The van der Waals surface area contributed by atoms with Gasteiger partial charge in [0.1, 0.15) is 16.5 Å². The lowest BCUT2D eigenvalue weighted by Gasteiger charge is -2.30. The van der Waals surface area contributed by atoms with Crippen molar-refractivity contribution in [2.24, 2.45) is 0 Å². The number of hydrogen-bond donors (Lipinski definition) is 4. The van der Waals surface area contributed by atoms with E-state index in [0.29, 0.717) is 72.2 Å². The SMILES string of the molecule is COc1cc(CNc2cc(N3CCC(O)CC3)nc(Nc3nc(C)c(C(=O)O)s3)n2)cc(OC)c1OC. The number of benzene rings is 1. The molecule has 0 radical (unpaired) electrons. The maximum Gasteiger partial charge on any atom is 0.347 e. The second-order valence-electron chi connectivity index (χ2n) is 8.40. The summed E-state index contributed by atoms with van der Waals surface area (Å²) in [6.07, 6.45) is 0.976. The minimum atomic E-state index is -1.03. The highest BCUT2D eigenvalue weighted by molar-refractivity contribution is 7.17. The number of thiazole rings is 1. The van der Waals surface area contributed by atoms with Gasteiger partial charge in [-0.15, -0.1) is 0 Å². The fraction of sp³-hybridized carbons (Fsp3) is 0.417. The number of piperidine rings is 1. The van der Waals surface area contributed by atoms with Gasteiger partial charge in [-0.05, 0) is 37.5 Å². The molecule has 37 heavy (non-hydrogen) atoms. The van der Waals surface area contributed by atoms with E-state index < -0.39 is 5.97 Å². The van der Waals surface area contributed by atoms with Crippen LogP contribution in [0.15, 0.2) is 18.2 Å². The van der Waals surface area contributed by atoms with Gasteiger partial charge in [0.2, 0.25) is 11.7 Å². The van der Waals surface area contributed by atoms with E-state index >= 15 is 0 Å². The van der Waals surface area contributed by atoms with Crippen LogP contribution < -0.4 is 29.7 Å². The smallest absolute Gasteiger partial charge is 0.347 e. The fourth-order valence-corrected chi connectivity index (χ4v) is 4.81. The topological polar surface area (TPSA) is 151 Å². The molecule has 1 fully saturated rings. The quantitative estimate of drug-likeness (QED) is 0.304. The van der Waals surface area contributed by atoms with E-state index in [1.807, 2.05) is 18.2 Å². The zero-order chi connectivity index (χ0) is 26.5. The van der Waals surface area contributed by atoms with Gasteiger partial charge >= 0.3 is 5.97 Å². The Kier molecular flexibility index (Phi) is 8.14. The van der Waals surface area contributed by atoms with Crippen LogP contribution in [-0.2, 0) is 6.54 Å². The molecular formula is C24H30N6O6S. The number of nitrogens with zero attached hydrogens (tertiary/aromatic N) is 4. The molecule has 1 aliphatic rings. The highest BCUT2D eigenvalue weighted by Crippen LogP contribution is 2.38. The molecule has 0 bridgehead atoms. The Bertz CT molecular complexity index is 1240. The average molecular weight is 531 g/mol. The standard InChI is InChI=1S/C24H30N6O6S/c1-13-21(22(32)33)37-24(26-13)29-23-27-18(11-19(28-23)30-7-5-15(31)6-8-30)25-12-14-9-16(34-2)20(36-4)17(10-14)35-3/h9-11,15,31H,5-8,12H2,1-4H3,(H,32,33)(H2,25,26,27,28,29). The van der Waals surface area contributed by atoms with Crippen molar-refractivity contribution < 1.29 is 29.2 Å². The number of ether oxygens (including phenoxy) is 3. The summed E-state index contributed by atoms with van der Waals surface area (Å²) in [5.41, 5.74) is 1.30. The number of carboxylic acids is 1. The molecule has 2 aromatic heterocycles. The number of carboxylic acid groups (broad SMARTS) is 1. The Morgan fingerprint density at radius 3 is 2.32 bits per heavy atom. The average Bonchev–Trinajstić information content (AvgIpc) is 3.26. The summed E-state index contributed by atoms with van der Waals surface area (Å²) >= 11 is 1.02. The Labute approximate surface area is 218 Å². The predicted molar refractivity (Wildman–Crippen MR) is 140 cm³/mol. The summed E-state index contributed by atoms with van der Waals surface area (Å²) in [4.78, 5) is 27.2. The van der Waals surface area contributed by atoms with Gasteiger partial charge in [-0.3, -0.25) is 5.32 Å². The zero-order valence-corrected chi connectivity index (χ0v) is 21.9. The molecule has 198 valence electrons. The van der Waals surface area contributed by atoms with E-state index in [9.17, 15) is 15.0 Å². The molecule has 0 aliphatic carbocycles. The number of anilines is 4. The number of aromatic nitrogens is 3. The van der Waals surface area contributed by atoms with E-state index in [2.05, 4.69) is 30.5 Å². The molecule has 0 spiro atoms. The van der Waals surface area contributed by atoms with Gasteiger partial charge in [-0.2, -0.15) is 9.97 Å². The fourth-order valence-electron chi connectivity index (χ4n) is 4.01. The highest BCUT2D eigenvalue weighted by Gasteiger charge is 2.21. The highest BCUT2D eigenvalue weighted by atomic mass is 32.1. The van der Waals surface area contributed by atoms with Gasteiger partial charge in [-0.25, -0.2) is 9.78 Å². The second kappa shape index (κ2) is 11.5. The third kappa shape index (κ3) is 6.12. The Morgan fingerprint density at radius 1 is 1.08 bits per heavy atom. The number of hydrogen-bond acceptors (Lipinski definition) is 12. The van der Waals surface area contributed by atoms with E-state index in [-0.39, 0.29) is 16.9 Å². The number of aryl methyl sites for hydroxylation is 1. The van der Waals surface area contributed by atoms with Gasteiger partial charge in [-0.1, -0.05) is 11.3 Å². The van der Waals surface area contributed by atoms with Crippen molar-refractivity contribution in [1.82, 2.24) is 15.0 Å². The maximum atomic E-state index is 11.4. The van der Waals surface area contributed by atoms with Crippen LogP contribution in [0.5, 0.6) is 17.2 Å². The molecule has 4 rings (SSSR count). The van der Waals surface area contributed by atoms with E-state index in [4.69, 9.17) is 14.2 Å². The van der Waals surface area contributed by atoms with Crippen molar-refractivity contribution >= 4 is 40.0 Å². The molecule has 0 atom stereocenters. The van der Waals surface area contributed by atoms with Crippen molar-refractivity contribution in [3.8, 4) is 17.2 Å². The van der Waals surface area contributed by atoms with Crippen LogP contribution in [0.3, 0.4) is 0 Å². The summed E-state index contributed by atoms with van der Waals surface area (Å²) in [7, 11) is 4.68. The van der Waals surface area contributed by atoms with Crippen molar-refractivity contribution in [3.63, 3.8) is 0 Å². The molecule has 4 N–H and O–H groups in total. The molecule has 0 unspecified atom stereocenters. The van der Waals surface area contributed by atoms with E-state index in [1.54, 1.807) is 28.3 Å². The molecule has 12 nitrogen and oxygen atoms in total. The number of aromatic carboxylic acids is 1. The van der Waals surface area contributed by atoms with Crippen molar-refractivity contribution in [1.29, 1.82) is 0 Å². The first-order valence-corrected chi connectivity index (χ1v) is 12.5. The lowest BCUT2D eigenvalue weighted by molar-refractivity contribution is 0.0701. The van der Waals surface area contributed by atoms with Gasteiger partial charge in [0.05, 0.1) is 33.1 Å². The number of aliphatic hydroxyl groups is 1. The van der Waals surface area contributed by atoms with Crippen LogP contribution in [0.2, 0.25) is 0 Å². The Hall–Kier alpha value is -3.84. The van der Waals surface area contributed by atoms with Crippen molar-refractivity contribution in [2.75, 3.05) is 50.0 Å². The number of carbonyl (C=O) groups is 1. The first-order chi connectivity index (χ1) is 17.8. The zero-order valence-electron chi connectivity index (χ0n) is 21.1. The summed E-state index contributed by atoms with van der Waals surface area (Å²) < 4.78 is 16.3. The number of nitrogens with one attached hydrogen (secondary N) is 2. The van der Waals surface area contributed by atoms with Crippen molar-refractivity contribution in [2.45, 2.75) is 32.4 Å². The minimum absolute atomic E-state index is 0.157. The molecular weight excluding hydrogens is 500 g/mol. The van der Waals surface area contributed by atoms with Gasteiger partial charge < -0.3 is 34.6 Å². The first kappa shape index (κ1) is 26.2. The van der Waals surface area contributed by atoms with E-state index in [1.165, 1.54) is 0 Å². The number of aliphatic hydroxyl groups excluding tert-OH is 1. The molecule has 1 saturated heterocycles. The van der Waals surface area contributed by atoms with Crippen LogP contribution >= 0.6 is 11.3 Å². The number of rotatable bonds is 10. The molecule has 0 amide bonds. The molecule has 13 heteroatoms. The third-order valence-corrected chi connectivity index (χ3v) is 6.97.